The Balaban J connectivity index is 1.60. The molecular formula is C26H18S. The molecule has 3 aromatic carbocycles. The van der Waals surface area contributed by atoms with E-state index in [-0.39, 0.29) is 0 Å². The highest BCUT2D eigenvalue weighted by Crippen LogP contribution is 2.56. The van der Waals surface area contributed by atoms with E-state index in [1.54, 1.807) is 38.3 Å². The van der Waals surface area contributed by atoms with Gasteiger partial charge in [0.2, 0.25) is 0 Å². The van der Waals surface area contributed by atoms with Crippen molar-refractivity contribution in [3.8, 4) is 0 Å². The number of rotatable bonds is 0. The molecule has 0 bridgehead atoms. The molecule has 0 nitrogen and oxygen atoms in total. The monoisotopic (exact) mass is 362 g/mol. The average molecular weight is 362 g/mol. The van der Waals surface area contributed by atoms with E-state index in [1.165, 1.54) is 21.2 Å². The van der Waals surface area contributed by atoms with Crippen LogP contribution in [0.3, 0.4) is 0 Å². The maximum absolute atomic E-state index is 2.37. The minimum atomic E-state index is 0.420. The molecule has 1 unspecified atom stereocenters. The summed E-state index contributed by atoms with van der Waals surface area (Å²) in [7, 11) is 0. The number of thiophene rings is 1. The summed E-state index contributed by atoms with van der Waals surface area (Å²) in [6.07, 6.45) is 3.35. The second-order valence-electron chi connectivity index (χ2n) is 8.06. The number of hydrogen-bond donors (Lipinski definition) is 0. The molecule has 0 N–H and O–H groups in total. The van der Waals surface area contributed by atoms with Crippen LogP contribution in [0.25, 0.3) is 15.7 Å². The van der Waals surface area contributed by atoms with E-state index in [0.717, 1.165) is 19.3 Å². The van der Waals surface area contributed by atoms with Crippen LogP contribution in [0.1, 0.15) is 44.2 Å². The Morgan fingerprint density at radius 2 is 1.41 bits per heavy atom. The third kappa shape index (κ3) is 1.78. The maximum atomic E-state index is 2.37. The fourth-order valence-electron chi connectivity index (χ4n) is 5.72. The predicted octanol–water partition coefficient (Wildman–Crippen LogP) is 6.50. The number of fused-ring (bicyclic) bond motifs is 7. The van der Waals surface area contributed by atoms with E-state index < -0.39 is 0 Å². The van der Waals surface area contributed by atoms with Crippen LogP contribution >= 0.6 is 11.3 Å². The molecule has 1 heterocycles. The van der Waals surface area contributed by atoms with Crippen LogP contribution in [0.4, 0.5) is 0 Å². The Kier molecular flexibility index (Phi) is 2.67. The Morgan fingerprint density at radius 3 is 2.37 bits per heavy atom. The summed E-state index contributed by atoms with van der Waals surface area (Å²) in [5.41, 5.74) is 12.6. The first-order valence-corrected chi connectivity index (χ1v) is 10.6. The highest BCUT2D eigenvalue weighted by molar-refractivity contribution is 7.19. The molecule has 1 atom stereocenters. The molecule has 0 amide bonds. The average Bonchev–Trinajstić information content (AvgIpc) is 3.25. The van der Waals surface area contributed by atoms with Gasteiger partial charge in [-0.3, -0.25) is 0 Å². The van der Waals surface area contributed by atoms with Gasteiger partial charge in [-0.1, -0.05) is 66.2 Å². The summed E-state index contributed by atoms with van der Waals surface area (Å²) in [4.78, 5) is 1.57. The summed E-state index contributed by atoms with van der Waals surface area (Å²) in [5, 5.41) is 1.47. The standard InChI is InChI=1S/C26H18S/c1-2-9-19-15(6-1)12-18-13-16-7-5-8-17-14-22-25(26(23(16)17)24(18)19)20-10-3-4-11-21(20)27-22/h1-11,26H,12-14H2. The molecule has 0 spiro atoms. The first-order chi connectivity index (χ1) is 13.4. The molecule has 27 heavy (non-hydrogen) atoms. The highest BCUT2D eigenvalue weighted by atomic mass is 32.1. The highest BCUT2D eigenvalue weighted by Gasteiger charge is 2.40. The van der Waals surface area contributed by atoms with Crippen LogP contribution in [0.5, 0.6) is 0 Å². The van der Waals surface area contributed by atoms with E-state index in [9.17, 15) is 0 Å². The lowest BCUT2D eigenvalue weighted by Gasteiger charge is -2.34. The smallest absolute Gasteiger partial charge is 0.0368 e. The van der Waals surface area contributed by atoms with Crippen molar-refractivity contribution in [1.29, 1.82) is 0 Å². The molecule has 3 aliphatic rings. The van der Waals surface area contributed by atoms with Crippen LogP contribution in [-0.2, 0) is 19.3 Å². The Morgan fingerprint density at radius 1 is 0.667 bits per heavy atom. The van der Waals surface area contributed by atoms with Crippen LogP contribution < -0.4 is 0 Å². The van der Waals surface area contributed by atoms with Crippen molar-refractivity contribution in [1.82, 2.24) is 0 Å². The lowest BCUT2D eigenvalue weighted by atomic mass is 9.69. The molecule has 3 aliphatic carbocycles. The van der Waals surface area contributed by atoms with Crippen molar-refractivity contribution in [3.63, 3.8) is 0 Å². The van der Waals surface area contributed by atoms with E-state index >= 15 is 0 Å². The maximum Gasteiger partial charge on any atom is 0.0368 e. The number of hydrogen-bond acceptors (Lipinski definition) is 1. The third-order valence-electron chi connectivity index (χ3n) is 6.71. The zero-order valence-electron chi connectivity index (χ0n) is 15.0. The largest absolute Gasteiger partial charge is 0.140 e. The van der Waals surface area contributed by atoms with Gasteiger partial charge in [0.1, 0.15) is 0 Å². The van der Waals surface area contributed by atoms with E-state index in [1.807, 2.05) is 11.3 Å². The molecule has 1 aromatic heterocycles. The molecular weight excluding hydrogens is 344 g/mol. The van der Waals surface area contributed by atoms with Gasteiger partial charge in [0.05, 0.1) is 0 Å². The topological polar surface area (TPSA) is 0 Å². The Hall–Kier alpha value is -2.64. The predicted molar refractivity (Wildman–Crippen MR) is 114 cm³/mol. The quantitative estimate of drug-likeness (QED) is 0.335. The van der Waals surface area contributed by atoms with Crippen LogP contribution in [0.15, 0.2) is 72.3 Å². The second-order valence-corrected chi connectivity index (χ2v) is 9.20. The zero-order chi connectivity index (χ0) is 17.5. The minimum absolute atomic E-state index is 0.420. The molecule has 7 rings (SSSR count). The third-order valence-corrected chi connectivity index (χ3v) is 7.90. The fraction of sp³-hybridized carbons (Fsp3) is 0.154. The lowest BCUT2D eigenvalue weighted by Crippen LogP contribution is -2.20. The van der Waals surface area contributed by atoms with Gasteiger partial charge in [0.15, 0.2) is 0 Å². The van der Waals surface area contributed by atoms with Gasteiger partial charge in [0, 0.05) is 21.9 Å². The lowest BCUT2D eigenvalue weighted by molar-refractivity contribution is 0.884. The van der Waals surface area contributed by atoms with Crippen LogP contribution in [0, 0.1) is 0 Å². The molecule has 4 aromatic rings. The van der Waals surface area contributed by atoms with Crippen LogP contribution in [-0.4, -0.2) is 0 Å². The van der Waals surface area contributed by atoms with Gasteiger partial charge in [-0.2, -0.15) is 0 Å². The fourth-order valence-corrected chi connectivity index (χ4v) is 6.98. The molecule has 0 fully saturated rings. The van der Waals surface area contributed by atoms with Gasteiger partial charge in [0.25, 0.3) is 0 Å². The van der Waals surface area contributed by atoms with E-state index in [2.05, 4.69) is 66.7 Å². The first kappa shape index (κ1) is 14.4. The van der Waals surface area contributed by atoms with Crippen molar-refractivity contribution in [2.75, 3.05) is 0 Å². The second kappa shape index (κ2) is 4.99. The van der Waals surface area contributed by atoms with Crippen LogP contribution in [0.2, 0.25) is 0 Å². The summed E-state index contributed by atoms with van der Waals surface area (Å²) >= 11 is 2.01. The minimum Gasteiger partial charge on any atom is -0.140 e. The molecule has 0 aliphatic heterocycles. The first-order valence-electron chi connectivity index (χ1n) is 9.79. The number of benzene rings is 3. The normalized spacial score (nSPS) is 18.9. The Labute approximate surface area is 162 Å². The van der Waals surface area contributed by atoms with Crippen molar-refractivity contribution in [2.45, 2.75) is 25.2 Å². The van der Waals surface area contributed by atoms with Crippen molar-refractivity contribution < 1.29 is 0 Å². The summed E-state index contributed by atoms with van der Waals surface area (Å²) in [6, 6.07) is 25.1. The summed E-state index contributed by atoms with van der Waals surface area (Å²) < 4.78 is 1.44. The van der Waals surface area contributed by atoms with Crippen molar-refractivity contribution >= 4 is 27.0 Å². The molecule has 0 saturated carbocycles. The van der Waals surface area contributed by atoms with E-state index in [4.69, 9.17) is 0 Å². The summed E-state index contributed by atoms with van der Waals surface area (Å²) in [6.45, 7) is 0. The van der Waals surface area contributed by atoms with Gasteiger partial charge in [-0.15, -0.1) is 11.3 Å². The van der Waals surface area contributed by atoms with Gasteiger partial charge < -0.3 is 0 Å². The van der Waals surface area contributed by atoms with Gasteiger partial charge in [-0.25, -0.2) is 0 Å². The number of allylic oxidation sites excluding steroid dienone is 2. The molecule has 128 valence electrons. The van der Waals surface area contributed by atoms with Crippen molar-refractivity contribution in [3.05, 3.63) is 111 Å². The zero-order valence-corrected chi connectivity index (χ0v) is 15.8. The SMILES string of the molecule is c1ccc2c(c1)CC1=C2C2c3c(cccc3Cc3sc4ccccc4c32)C1. The van der Waals surface area contributed by atoms with Crippen molar-refractivity contribution in [2.24, 2.45) is 0 Å². The molecule has 1 heteroatoms. The molecule has 0 radical (unpaired) electrons. The summed E-state index contributed by atoms with van der Waals surface area (Å²) in [5.74, 6) is 0.420. The van der Waals surface area contributed by atoms with Gasteiger partial charge >= 0.3 is 0 Å². The van der Waals surface area contributed by atoms with E-state index in [0.29, 0.717) is 5.92 Å². The molecule has 0 saturated heterocycles. The Bertz CT molecular complexity index is 1300. The van der Waals surface area contributed by atoms with Gasteiger partial charge in [-0.05, 0) is 63.2 Å².